The van der Waals surface area contributed by atoms with E-state index in [0.717, 1.165) is 11.1 Å². The van der Waals surface area contributed by atoms with Crippen molar-refractivity contribution in [1.82, 2.24) is 0 Å². The lowest BCUT2D eigenvalue weighted by Gasteiger charge is -2.04. The molecule has 2 aromatic rings. The summed E-state index contributed by atoms with van der Waals surface area (Å²) in [4.78, 5) is 0. The van der Waals surface area contributed by atoms with E-state index in [4.69, 9.17) is 11.0 Å². The Bertz CT molecular complexity index is 570. The molecule has 0 saturated heterocycles. The zero-order chi connectivity index (χ0) is 11.5. The molecular formula is C13H10N2O. The van der Waals surface area contributed by atoms with Crippen molar-refractivity contribution < 1.29 is 5.11 Å². The van der Waals surface area contributed by atoms with Crippen LogP contribution < -0.4 is 5.73 Å². The van der Waals surface area contributed by atoms with Gasteiger partial charge in [0.05, 0.1) is 11.6 Å². The molecule has 0 fully saturated rings. The predicted molar refractivity (Wildman–Crippen MR) is 62.7 cm³/mol. The molecule has 2 aromatic carbocycles. The molecule has 3 N–H and O–H groups in total. The second kappa shape index (κ2) is 3.95. The Morgan fingerprint density at radius 2 is 1.88 bits per heavy atom. The van der Waals surface area contributed by atoms with Gasteiger partial charge in [0.1, 0.15) is 5.75 Å². The van der Waals surface area contributed by atoms with E-state index in [1.54, 1.807) is 24.3 Å². The third-order valence-corrected chi connectivity index (χ3v) is 2.27. The van der Waals surface area contributed by atoms with Gasteiger partial charge in [-0.25, -0.2) is 0 Å². The Kier molecular flexibility index (Phi) is 2.49. The van der Waals surface area contributed by atoms with E-state index in [1.807, 2.05) is 18.2 Å². The average Bonchev–Trinajstić information content (AvgIpc) is 2.28. The highest BCUT2D eigenvalue weighted by atomic mass is 16.3. The first kappa shape index (κ1) is 10.1. The van der Waals surface area contributed by atoms with Crippen LogP contribution in [0.4, 0.5) is 5.69 Å². The minimum absolute atomic E-state index is 0.0801. The Balaban J connectivity index is 2.56. The van der Waals surface area contributed by atoms with Crippen molar-refractivity contribution in [2.24, 2.45) is 0 Å². The van der Waals surface area contributed by atoms with Gasteiger partial charge in [-0.1, -0.05) is 12.1 Å². The van der Waals surface area contributed by atoms with Gasteiger partial charge in [0.25, 0.3) is 0 Å². The Labute approximate surface area is 93.4 Å². The van der Waals surface area contributed by atoms with Crippen LogP contribution in [0.25, 0.3) is 11.1 Å². The van der Waals surface area contributed by atoms with E-state index in [2.05, 4.69) is 0 Å². The molecule has 0 bridgehead atoms. The summed E-state index contributed by atoms with van der Waals surface area (Å²) < 4.78 is 0. The van der Waals surface area contributed by atoms with Crippen LogP contribution in [-0.2, 0) is 0 Å². The summed E-state index contributed by atoms with van der Waals surface area (Å²) in [6.07, 6.45) is 0. The third kappa shape index (κ3) is 1.96. The summed E-state index contributed by atoms with van der Waals surface area (Å²) in [6, 6.07) is 14.1. The zero-order valence-electron chi connectivity index (χ0n) is 8.51. The topological polar surface area (TPSA) is 70.0 Å². The van der Waals surface area contributed by atoms with Gasteiger partial charge in [-0.2, -0.15) is 5.26 Å². The highest BCUT2D eigenvalue weighted by Crippen LogP contribution is 2.26. The fourth-order valence-corrected chi connectivity index (χ4v) is 1.56. The molecule has 0 atom stereocenters. The average molecular weight is 210 g/mol. The predicted octanol–water partition coefficient (Wildman–Crippen LogP) is 2.51. The molecule has 78 valence electrons. The number of phenols is 1. The van der Waals surface area contributed by atoms with E-state index in [0.29, 0.717) is 11.3 Å². The summed E-state index contributed by atoms with van der Waals surface area (Å²) >= 11 is 0. The van der Waals surface area contributed by atoms with Crippen LogP contribution in [0.15, 0.2) is 42.5 Å². The van der Waals surface area contributed by atoms with E-state index in [1.165, 1.54) is 6.07 Å². The number of rotatable bonds is 1. The first-order chi connectivity index (χ1) is 7.69. The van der Waals surface area contributed by atoms with Gasteiger partial charge >= 0.3 is 0 Å². The second-order valence-electron chi connectivity index (χ2n) is 3.51. The Morgan fingerprint density at radius 3 is 2.56 bits per heavy atom. The molecule has 3 nitrogen and oxygen atoms in total. The molecular weight excluding hydrogens is 200 g/mol. The number of anilines is 1. The zero-order valence-corrected chi connectivity index (χ0v) is 8.51. The number of benzene rings is 2. The summed E-state index contributed by atoms with van der Waals surface area (Å²) in [5.74, 6) is 0.0801. The van der Waals surface area contributed by atoms with Crippen molar-refractivity contribution >= 4 is 5.69 Å². The van der Waals surface area contributed by atoms with Gasteiger partial charge in [-0.05, 0) is 41.5 Å². The molecule has 0 aliphatic carbocycles. The van der Waals surface area contributed by atoms with Crippen LogP contribution in [0.2, 0.25) is 0 Å². The first-order valence-electron chi connectivity index (χ1n) is 4.79. The normalized spacial score (nSPS) is 9.69. The van der Waals surface area contributed by atoms with Gasteiger partial charge in [0.2, 0.25) is 0 Å². The number of nitrogens with two attached hydrogens (primary N) is 1. The monoisotopic (exact) mass is 210 g/mol. The van der Waals surface area contributed by atoms with Crippen molar-refractivity contribution in [3.05, 3.63) is 48.0 Å². The lowest BCUT2D eigenvalue weighted by Crippen LogP contribution is -1.86. The fraction of sp³-hybridized carbons (Fsp3) is 0. The number of nitriles is 1. The van der Waals surface area contributed by atoms with Crippen molar-refractivity contribution in [2.75, 3.05) is 5.73 Å². The Hall–Kier alpha value is -2.47. The van der Waals surface area contributed by atoms with Crippen LogP contribution in [0.5, 0.6) is 5.75 Å². The van der Waals surface area contributed by atoms with E-state index >= 15 is 0 Å². The van der Waals surface area contributed by atoms with Crippen LogP contribution in [0.3, 0.4) is 0 Å². The maximum Gasteiger partial charge on any atom is 0.117 e. The summed E-state index contributed by atoms with van der Waals surface area (Å²) in [5, 5.41) is 18.3. The quantitative estimate of drug-likeness (QED) is 0.710. The van der Waals surface area contributed by atoms with Crippen LogP contribution in [0, 0.1) is 11.3 Å². The molecule has 0 heterocycles. The van der Waals surface area contributed by atoms with Gasteiger partial charge in [0, 0.05) is 5.69 Å². The smallest absolute Gasteiger partial charge is 0.117 e. The number of hydrogen-bond acceptors (Lipinski definition) is 3. The number of nitrogen functional groups attached to an aromatic ring is 1. The first-order valence-corrected chi connectivity index (χ1v) is 4.79. The maximum atomic E-state index is 9.47. The standard InChI is InChI=1S/C13H10N2O/c14-8-9-4-11(7-13(16)5-9)10-2-1-3-12(15)6-10/h1-7,16H,15H2. The van der Waals surface area contributed by atoms with Crippen molar-refractivity contribution in [3.8, 4) is 22.9 Å². The molecule has 0 aromatic heterocycles. The summed E-state index contributed by atoms with van der Waals surface area (Å²) in [6.45, 7) is 0. The number of phenolic OH excluding ortho intramolecular Hbond substituents is 1. The van der Waals surface area contributed by atoms with Gasteiger partial charge in [-0.15, -0.1) is 0 Å². The minimum Gasteiger partial charge on any atom is -0.508 e. The van der Waals surface area contributed by atoms with Crippen molar-refractivity contribution in [1.29, 1.82) is 5.26 Å². The minimum atomic E-state index is 0.0801. The molecule has 0 unspecified atom stereocenters. The fourth-order valence-electron chi connectivity index (χ4n) is 1.56. The van der Waals surface area contributed by atoms with Crippen molar-refractivity contribution in [2.45, 2.75) is 0 Å². The van der Waals surface area contributed by atoms with Gasteiger partial charge in [0.15, 0.2) is 0 Å². The SMILES string of the molecule is N#Cc1cc(O)cc(-c2cccc(N)c2)c1. The molecule has 0 spiro atoms. The second-order valence-corrected chi connectivity index (χ2v) is 3.51. The highest BCUT2D eigenvalue weighted by Gasteiger charge is 2.02. The van der Waals surface area contributed by atoms with E-state index in [-0.39, 0.29) is 5.75 Å². The summed E-state index contributed by atoms with van der Waals surface area (Å²) in [7, 11) is 0. The lowest BCUT2D eigenvalue weighted by atomic mass is 10.0. The molecule has 0 aliphatic heterocycles. The molecule has 0 saturated carbocycles. The number of nitrogens with zero attached hydrogens (tertiary/aromatic N) is 1. The Morgan fingerprint density at radius 1 is 1.06 bits per heavy atom. The van der Waals surface area contributed by atoms with Gasteiger partial charge < -0.3 is 10.8 Å². The lowest BCUT2D eigenvalue weighted by molar-refractivity contribution is 0.475. The molecule has 0 amide bonds. The number of hydrogen-bond donors (Lipinski definition) is 2. The molecule has 16 heavy (non-hydrogen) atoms. The summed E-state index contributed by atoms with van der Waals surface area (Å²) in [5.41, 5.74) is 8.42. The third-order valence-electron chi connectivity index (χ3n) is 2.27. The maximum absolute atomic E-state index is 9.47. The molecule has 2 rings (SSSR count). The van der Waals surface area contributed by atoms with E-state index in [9.17, 15) is 5.11 Å². The van der Waals surface area contributed by atoms with Crippen LogP contribution in [0.1, 0.15) is 5.56 Å². The molecule has 0 aliphatic rings. The van der Waals surface area contributed by atoms with Crippen molar-refractivity contribution in [3.63, 3.8) is 0 Å². The number of aromatic hydroxyl groups is 1. The highest BCUT2D eigenvalue weighted by molar-refractivity contribution is 5.70. The van der Waals surface area contributed by atoms with Crippen LogP contribution in [-0.4, -0.2) is 5.11 Å². The largest absolute Gasteiger partial charge is 0.508 e. The molecule has 0 radical (unpaired) electrons. The van der Waals surface area contributed by atoms with Crippen LogP contribution >= 0.6 is 0 Å². The van der Waals surface area contributed by atoms with Gasteiger partial charge in [-0.3, -0.25) is 0 Å². The van der Waals surface area contributed by atoms with E-state index < -0.39 is 0 Å². The molecule has 3 heteroatoms.